The van der Waals surface area contributed by atoms with Crippen molar-refractivity contribution >= 4 is 11.5 Å². The monoisotopic (exact) mass is 232 g/mol. The zero-order chi connectivity index (χ0) is 13.3. The molecular weight excluding hydrogens is 208 g/mol. The molecule has 1 aromatic carbocycles. The third-order valence-electron chi connectivity index (χ3n) is 2.03. The quantitative estimate of drug-likeness (QED) is 0.691. The fourth-order valence-electron chi connectivity index (χ4n) is 1.38. The van der Waals surface area contributed by atoms with Crippen LogP contribution in [0.25, 0.3) is 0 Å². The largest absolute Gasteiger partial charge is 0.260 e. The molecule has 0 spiro atoms. The molecule has 0 radical (unpaired) electrons. The van der Waals surface area contributed by atoms with Crippen LogP contribution in [0.2, 0.25) is 0 Å². The first kappa shape index (κ1) is 15.6. The van der Waals surface area contributed by atoms with E-state index in [4.69, 9.17) is 0 Å². The molecule has 0 N–H and O–H groups in total. The van der Waals surface area contributed by atoms with Gasteiger partial charge in [-0.15, -0.1) is 0 Å². The highest BCUT2D eigenvalue weighted by atomic mass is 15.0. The molecule has 0 aliphatic carbocycles. The Morgan fingerprint density at radius 3 is 2.12 bits per heavy atom. The van der Waals surface area contributed by atoms with E-state index in [1.807, 2.05) is 46.8 Å². The predicted molar refractivity (Wildman–Crippen MR) is 78.4 cm³/mol. The first-order chi connectivity index (χ1) is 8.25. The molecule has 0 unspecified atom stereocenters. The molecule has 0 amide bonds. The Morgan fingerprint density at radius 2 is 1.65 bits per heavy atom. The molecule has 2 nitrogen and oxygen atoms in total. The van der Waals surface area contributed by atoms with Gasteiger partial charge in [-0.3, -0.25) is 4.99 Å². The fourth-order valence-corrected chi connectivity index (χ4v) is 1.38. The molecule has 17 heavy (non-hydrogen) atoms. The summed E-state index contributed by atoms with van der Waals surface area (Å²) in [6.45, 7) is 12.8. The summed E-state index contributed by atoms with van der Waals surface area (Å²) in [4.78, 5) is 8.71. The summed E-state index contributed by atoms with van der Waals surface area (Å²) in [5, 5.41) is 0. The van der Waals surface area contributed by atoms with Crippen molar-refractivity contribution in [3.63, 3.8) is 0 Å². The maximum Gasteiger partial charge on any atom is 0.154 e. The van der Waals surface area contributed by atoms with Gasteiger partial charge in [0.1, 0.15) is 0 Å². The lowest BCUT2D eigenvalue weighted by molar-refractivity contribution is 1.32. The Kier molecular flexibility index (Phi) is 7.95. The first-order valence-electron chi connectivity index (χ1n) is 6.41. The van der Waals surface area contributed by atoms with Crippen molar-refractivity contribution in [1.29, 1.82) is 0 Å². The van der Waals surface area contributed by atoms with Crippen molar-refractivity contribution < 1.29 is 0 Å². The van der Waals surface area contributed by atoms with Gasteiger partial charge in [0.05, 0.1) is 6.54 Å². The van der Waals surface area contributed by atoms with Gasteiger partial charge in [-0.25, -0.2) is 4.99 Å². The molecule has 1 aliphatic rings. The molecule has 1 aliphatic heterocycles. The minimum Gasteiger partial charge on any atom is -0.260 e. The average molecular weight is 232 g/mol. The van der Waals surface area contributed by atoms with Crippen molar-refractivity contribution in [2.75, 3.05) is 6.54 Å². The minimum absolute atomic E-state index is 0.753. The van der Waals surface area contributed by atoms with E-state index in [2.05, 4.69) is 29.0 Å². The third-order valence-corrected chi connectivity index (χ3v) is 2.03. The van der Waals surface area contributed by atoms with Gasteiger partial charge in [0, 0.05) is 11.3 Å². The number of hydrogen-bond acceptors (Lipinski definition) is 2. The number of aliphatic imine (C=N–C) groups is 2. The van der Waals surface area contributed by atoms with Gasteiger partial charge in [0.25, 0.3) is 0 Å². The summed E-state index contributed by atoms with van der Waals surface area (Å²) in [7, 11) is 0. The van der Waals surface area contributed by atoms with E-state index in [-0.39, 0.29) is 0 Å². The van der Waals surface area contributed by atoms with Crippen molar-refractivity contribution in [2.45, 2.75) is 41.5 Å². The second-order valence-corrected chi connectivity index (χ2v) is 3.36. The number of nitrogens with zero attached hydrogens (tertiary/aromatic N) is 2. The van der Waals surface area contributed by atoms with Crippen LogP contribution in [0.5, 0.6) is 0 Å². The van der Waals surface area contributed by atoms with Gasteiger partial charge < -0.3 is 0 Å². The van der Waals surface area contributed by atoms with Crippen molar-refractivity contribution in [3.8, 4) is 0 Å². The summed E-state index contributed by atoms with van der Waals surface area (Å²) in [5.41, 5.74) is 3.47. The van der Waals surface area contributed by atoms with Crippen LogP contribution in [0.3, 0.4) is 0 Å². The van der Waals surface area contributed by atoms with E-state index in [0.717, 1.165) is 23.7 Å². The number of rotatable bonds is 1. The highest BCUT2D eigenvalue weighted by Gasteiger charge is 2.07. The topological polar surface area (TPSA) is 24.7 Å². The Balaban J connectivity index is 0.000000581. The first-order valence-corrected chi connectivity index (χ1v) is 6.41. The third kappa shape index (κ3) is 4.94. The van der Waals surface area contributed by atoms with Gasteiger partial charge >= 0.3 is 0 Å². The van der Waals surface area contributed by atoms with E-state index in [1.54, 1.807) is 0 Å². The molecule has 94 valence electrons. The Bertz CT molecular complexity index is 390. The van der Waals surface area contributed by atoms with Crippen LogP contribution in [0.1, 0.15) is 45.7 Å². The number of hydrogen-bond donors (Lipinski definition) is 0. The lowest BCUT2D eigenvalue weighted by Crippen LogP contribution is -1.94. The molecule has 0 aromatic heterocycles. The zero-order valence-electron chi connectivity index (χ0n) is 11.9. The molecule has 2 rings (SSSR count). The van der Waals surface area contributed by atoms with Crippen LogP contribution >= 0.6 is 0 Å². The molecule has 1 aromatic rings. The van der Waals surface area contributed by atoms with E-state index >= 15 is 0 Å². The van der Waals surface area contributed by atoms with Crippen LogP contribution in [0.4, 0.5) is 0 Å². The van der Waals surface area contributed by atoms with Gasteiger partial charge in [-0.05, 0) is 19.9 Å². The summed E-state index contributed by atoms with van der Waals surface area (Å²) in [5.74, 6) is 0.876. The predicted octanol–water partition coefficient (Wildman–Crippen LogP) is 4.27. The SMILES string of the molecule is CC.CC.CC1=NC(c2cccc(C)c2)=NC1. The van der Waals surface area contributed by atoms with Gasteiger partial charge in [0.15, 0.2) is 5.84 Å². The molecule has 0 fully saturated rings. The van der Waals surface area contributed by atoms with E-state index in [1.165, 1.54) is 5.56 Å². The standard InChI is InChI=1S/C11H12N2.2C2H6/c1-8-4-3-5-10(6-8)11-12-7-9(2)13-11;2*1-2/h3-6H,7H2,1-2H3;2*1-2H3. The molecule has 0 saturated carbocycles. The molecule has 0 atom stereocenters. The minimum atomic E-state index is 0.753. The van der Waals surface area contributed by atoms with Gasteiger partial charge in [-0.1, -0.05) is 51.5 Å². The molecule has 0 bridgehead atoms. The van der Waals surface area contributed by atoms with Crippen molar-refractivity contribution in [3.05, 3.63) is 35.4 Å². The molecule has 0 saturated heterocycles. The fraction of sp³-hybridized carbons (Fsp3) is 0.467. The second kappa shape index (κ2) is 8.68. The van der Waals surface area contributed by atoms with Crippen molar-refractivity contribution in [1.82, 2.24) is 0 Å². The summed E-state index contributed by atoms with van der Waals surface area (Å²) < 4.78 is 0. The number of aryl methyl sites for hydroxylation is 1. The Labute approximate surface area is 106 Å². The zero-order valence-corrected chi connectivity index (χ0v) is 11.9. The highest BCUT2D eigenvalue weighted by Crippen LogP contribution is 2.09. The smallest absolute Gasteiger partial charge is 0.154 e. The highest BCUT2D eigenvalue weighted by molar-refractivity contribution is 6.10. The Hall–Kier alpha value is -1.44. The van der Waals surface area contributed by atoms with E-state index < -0.39 is 0 Å². The summed E-state index contributed by atoms with van der Waals surface area (Å²) >= 11 is 0. The van der Waals surface area contributed by atoms with Gasteiger partial charge in [0.2, 0.25) is 0 Å². The summed E-state index contributed by atoms with van der Waals surface area (Å²) in [6, 6.07) is 8.28. The second-order valence-electron chi connectivity index (χ2n) is 3.36. The van der Waals surface area contributed by atoms with E-state index in [9.17, 15) is 0 Å². The van der Waals surface area contributed by atoms with Crippen molar-refractivity contribution in [2.24, 2.45) is 9.98 Å². The van der Waals surface area contributed by atoms with Crippen LogP contribution in [-0.4, -0.2) is 18.1 Å². The lowest BCUT2D eigenvalue weighted by atomic mass is 10.1. The molecular formula is C15H24N2. The van der Waals surface area contributed by atoms with E-state index in [0.29, 0.717) is 0 Å². The molecule has 2 heteroatoms. The Morgan fingerprint density at radius 1 is 1.00 bits per heavy atom. The lowest BCUT2D eigenvalue weighted by Gasteiger charge is -1.98. The van der Waals surface area contributed by atoms with Crippen LogP contribution in [-0.2, 0) is 0 Å². The van der Waals surface area contributed by atoms with Gasteiger partial charge in [-0.2, -0.15) is 0 Å². The normalized spacial score (nSPS) is 12.6. The number of amidine groups is 1. The summed E-state index contributed by atoms with van der Waals surface area (Å²) in [6.07, 6.45) is 0. The van der Waals surface area contributed by atoms with Crippen LogP contribution < -0.4 is 0 Å². The maximum absolute atomic E-state index is 4.37. The number of benzene rings is 1. The van der Waals surface area contributed by atoms with Crippen LogP contribution in [0, 0.1) is 6.92 Å². The van der Waals surface area contributed by atoms with Crippen LogP contribution in [0.15, 0.2) is 34.3 Å². The molecule has 1 heterocycles. The average Bonchev–Trinajstić information content (AvgIpc) is 2.81. The maximum atomic E-state index is 4.37.